The maximum absolute atomic E-state index is 11.9. The maximum atomic E-state index is 11.9. The summed E-state index contributed by atoms with van der Waals surface area (Å²) in [7, 11) is 0. The molecule has 0 saturated heterocycles. The second-order valence-corrected chi connectivity index (χ2v) is 4.76. The van der Waals surface area contributed by atoms with Crippen molar-refractivity contribution in [2.24, 2.45) is 0 Å². The number of anilines is 2. The topological polar surface area (TPSA) is 110 Å². The van der Waals surface area contributed by atoms with E-state index in [4.69, 9.17) is 11.5 Å². The van der Waals surface area contributed by atoms with Gasteiger partial charge in [-0.2, -0.15) is 0 Å². The molecule has 0 heterocycles. The first-order chi connectivity index (χ1) is 10.6. The zero-order valence-corrected chi connectivity index (χ0v) is 14.5. The van der Waals surface area contributed by atoms with Crippen LogP contribution in [0.1, 0.15) is 20.7 Å². The molecule has 0 unspecified atom stereocenters. The number of nitrogen functional groups attached to an aromatic ring is 2. The van der Waals surface area contributed by atoms with Crippen molar-refractivity contribution in [2.45, 2.75) is 0 Å². The smallest absolute Gasteiger partial charge is 0.251 e. The van der Waals surface area contributed by atoms with E-state index < -0.39 is 0 Å². The van der Waals surface area contributed by atoms with Gasteiger partial charge in [-0.25, -0.2) is 0 Å². The number of hydrogen-bond acceptors (Lipinski definition) is 4. The number of halogens is 2. The lowest BCUT2D eigenvalue weighted by molar-refractivity contribution is 0.0928. The third-order valence-electron chi connectivity index (χ3n) is 2.99. The average Bonchev–Trinajstić information content (AvgIpc) is 2.51. The van der Waals surface area contributed by atoms with Gasteiger partial charge < -0.3 is 22.1 Å². The van der Waals surface area contributed by atoms with Gasteiger partial charge in [-0.15, -0.1) is 24.8 Å². The van der Waals surface area contributed by atoms with Gasteiger partial charge in [0.15, 0.2) is 0 Å². The molecular formula is C16H20Cl2N4O2. The Kier molecular flexibility index (Phi) is 9.30. The first-order valence-electron chi connectivity index (χ1n) is 6.84. The lowest BCUT2D eigenvalue weighted by atomic mass is 10.2. The van der Waals surface area contributed by atoms with Crippen molar-refractivity contribution >= 4 is 48.0 Å². The summed E-state index contributed by atoms with van der Waals surface area (Å²) in [5, 5.41) is 5.42. The summed E-state index contributed by atoms with van der Waals surface area (Å²) in [5.41, 5.74) is 13.3. The Morgan fingerprint density at radius 3 is 1.46 bits per heavy atom. The van der Waals surface area contributed by atoms with E-state index in [2.05, 4.69) is 10.6 Å². The van der Waals surface area contributed by atoms with Crippen LogP contribution in [0.15, 0.2) is 48.5 Å². The van der Waals surface area contributed by atoms with Gasteiger partial charge in [0.2, 0.25) is 0 Å². The fourth-order valence-electron chi connectivity index (χ4n) is 1.92. The van der Waals surface area contributed by atoms with Gasteiger partial charge >= 0.3 is 0 Å². The summed E-state index contributed by atoms with van der Waals surface area (Å²) in [6.07, 6.45) is 0. The molecule has 0 aliphatic rings. The molecule has 8 heteroatoms. The second-order valence-electron chi connectivity index (χ2n) is 4.76. The van der Waals surface area contributed by atoms with Crippen LogP contribution >= 0.6 is 24.8 Å². The molecule has 0 fully saturated rings. The predicted molar refractivity (Wildman–Crippen MR) is 101 cm³/mol. The summed E-state index contributed by atoms with van der Waals surface area (Å²) < 4.78 is 0. The molecule has 2 amide bonds. The molecule has 0 aliphatic heterocycles. The summed E-state index contributed by atoms with van der Waals surface area (Å²) in [6, 6.07) is 13.4. The number of rotatable bonds is 5. The van der Waals surface area contributed by atoms with Gasteiger partial charge in [0, 0.05) is 35.6 Å². The van der Waals surface area contributed by atoms with Crippen LogP contribution < -0.4 is 22.1 Å². The van der Waals surface area contributed by atoms with Crippen molar-refractivity contribution in [2.75, 3.05) is 24.6 Å². The van der Waals surface area contributed by atoms with Crippen molar-refractivity contribution < 1.29 is 9.59 Å². The second kappa shape index (κ2) is 10.4. The highest BCUT2D eigenvalue weighted by Gasteiger charge is 2.07. The van der Waals surface area contributed by atoms with E-state index in [1.54, 1.807) is 48.5 Å². The van der Waals surface area contributed by atoms with E-state index in [9.17, 15) is 9.59 Å². The number of nitrogens with one attached hydrogen (secondary N) is 2. The quantitative estimate of drug-likeness (QED) is 0.475. The summed E-state index contributed by atoms with van der Waals surface area (Å²) >= 11 is 0. The molecule has 0 spiro atoms. The molecule has 0 aliphatic carbocycles. The van der Waals surface area contributed by atoms with Crippen LogP contribution in [-0.2, 0) is 0 Å². The van der Waals surface area contributed by atoms with Gasteiger partial charge in [-0.3, -0.25) is 9.59 Å². The molecule has 6 N–H and O–H groups in total. The van der Waals surface area contributed by atoms with E-state index in [-0.39, 0.29) is 36.6 Å². The summed E-state index contributed by atoms with van der Waals surface area (Å²) in [6.45, 7) is 0.642. The molecule has 2 aromatic rings. The van der Waals surface area contributed by atoms with Crippen LogP contribution in [0.4, 0.5) is 11.4 Å². The Morgan fingerprint density at radius 1 is 0.750 bits per heavy atom. The van der Waals surface area contributed by atoms with E-state index in [1.807, 2.05) is 0 Å². The monoisotopic (exact) mass is 370 g/mol. The molecule has 0 radical (unpaired) electrons. The van der Waals surface area contributed by atoms with E-state index in [1.165, 1.54) is 0 Å². The van der Waals surface area contributed by atoms with E-state index in [0.717, 1.165) is 0 Å². The number of amides is 2. The minimum atomic E-state index is -0.231. The summed E-state index contributed by atoms with van der Waals surface area (Å²) in [4.78, 5) is 23.7. The third-order valence-corrected chi connectivity index (χ3v) is 2.99. The molecule has 6 nitrogen and oxygen atoms in total. The summed E-state index contributed by atoms with van der Waals surface area (Å²) in [5.74, 6) is -0.462. The molecule has 0 saturated carbocycles. The number of hydrogen-bond donors (Lipinski definition) is 4. The highest BCUT2D eigenvalue weighted by atomic mass is 35.5. The Bertz CT molecular complexity index is 636. The number of benzene rings is 2. The van der Waals surface area contributed by atoms with Crippen LogP contribution in [0.2, 0.25) is 0 Å². The minimum Gasteiger partial charge on any atom is -0.399 e. The molecule has 0 atom stereocenters. The van der Waals surface area contributed by atoms with Crippen LogP contribution in [-0.4, -0.2) is 24.9 Å². The number of nitrogens with two attached hydrogens (primary N) is 2. The Hall–Kier alpha value is -2.44. The van der Waals surface area contributed by atoms with Gasteiger partial charge in [-0.05, 0) is 36.4 Å². The highest BCUT2D eigenvalue weighted by Crippen LogP contribution is 2.06. The molecule has 0 bridgehead atoms. The molecular weight excluding hydrogens is 351 g/mol. The Balaban J connectivity index is 0.00000264. The van der Waals surface area contributed by atoms with Crippen LogP contribution in [0.3, 0.4) is 0 Å². The highest BCUT2D eigenvalue weighted by molar-refractivity contribution is 5.96. The first-order valence-corrected chi connectivity index (χ1v) is 6.84. The molecule has 130 valence electrons. The fraction of sp³-hybridized carbons (Fsp3) is 0.125. The van der Waals surface area contributed by atoms with Crippen molar-refractivity contribution in [3.8, 4) is 0 Å². The van der Waals surface area contributed by atoms with Crippen LogP contribution in [0.5, 0.6) is 0 Å². The van der Waals surface area contributed by atoms with Gasteiger partial charge in [-0.1, -0.05) is 12.1 Å². The van der Waals surface area contributed by atoms with Gasteiger partial charge in [0.25, 0.3) is 11.8 Å². The minimum absolute atomic E-state index is 0. The van der Waals surface area contributed by atoms with E-state index in [0.29, 0.717) is 35.6 Å². The number of carbonyl (C=O) groups excluding carboxylic acids is 2. The molecule has 24 heavy (non-hydrogen) atoms. The Morgan fingerprint density at radius 2 is 1.12 bits per heavy atom. The van der Waals surface area contributed by atoms with Crippen molar-refractivity contribution in [3.63, 3.8) is 0 Å². The molecule has 0 aromatic heterocycles. The van der Waals surface area contributed by atoms with Crippen molar-refractivity contribution in [3.05, 3.63) is 59.7 Å². The SMILES string of the molecule is Cl.Cl.Nc1cccc(C(=O)NCCNC(=O)c2cccc(N)c2)c1. The first kappa shape index (κ1) is 21.6. The van der Waals surface area contributed by atoms with Crippen molar-refractivity contribution in [1.29, 1.82) is 0 Å². The van der Waals surface area contributed by atoms with Gasteiger partial charge in [0.1, 0.15) is 0 Å². The van der Waals surface area contributed by atoms with Gasteiger partial charge in [0.05, 0.1) is 0 Å². The molecule has 2 aromatic carbocycles. The third kappa shape index (κ3) is 6.36. The largest absolute Gasteiger partial charge is 0.399 e. The zero-order chi connectivity index (χ0) is 15.9. The Labute approximate surface area is 152 Å². The normalized spacial score (nSPS) is 9.17. The van der Waals surface area contributed by atoms with Crippen LogP contribution in [0, 0.1) is 0 Å². The standard InChI is InChI=1S/C16H18N4O2.2ClH/c17-13-5-1-3-11(9-13)15(21)19-7-8-20-16(22)12-4-2-6-14(18)10-12;;/h1-6,9-10H,7-8,17-18H2,(H,19,21)(H,20,22);2*1H. The lowest BCUT2D eigenvalue weighted by Crippen LogP contribution is -2.34. The fourth-order valence-corrected chi connectivity index (χ4v) is 1.92. The maximum Gasteiger partial charge on any atom is 0.251 e. The van der Waals surface area contributed by atoms with Crippen molar-refractivity contribution in [1.82, 2.24) is 10.6 Å². The van der Waals surface area contributed by atoms with Crippen LogP contribution in [0.25, 0.3) is 0 Å². The lowest BCUT2D eigenvalue weighted by Gasteiger charge is -2.08. The van der Waals surface area contributed by atoms with E-state index >= 15 is 0 Å². The predicted octanol–water partition coefficient (Wildman–Crippen LogP) is 1.85. The number of carbonyl (C=O) groups is 2. The zero-order valence-electron chi connectivity index (χ0n) is 12.8. The average molecular weight is 371 g/mol. The molecule has 2 rings (SSSR count).